The first-order valence-electron chi connectivity index (χ1n) is 5.81. The van der Waals surface area contributed by atoms with E-state index in [4.69, 9.17) is 4.74 Å². The molecular weight excluding hydrogens is 345 g/mol. The highest BCUT2D eigenvalue weighted by molar-refractivity contribution is 9.10. The quantitative estimate of drug-likeness (QED) is 0.464. The lowest BCUT2D eigenvalue weighted by molar-refractivity contribution is -0.385. The zero-order chi connectivity index (χ0) is 15.4. The monoisotopic (exact) mass is 353 g/mol. The standard InChI is InChI=1S/C14H9BrFNO4/c15-11-5-10(1-3-12(11)16)8-21-14-6-9(7-18)2-4-13(14)17(19)20/h1-7H,8H2. The second-order valence-electron chi connectivity index (χ2n) is 4.14. The van der Waals surface area contributed by atoms with Crippen molar-refractivity contribution in [1.82, 2.24) is 0 Å². The summed E-state index contributed by atoms with van der Waals surface area (Å²) >= 11 is 3.05. The number of nitro groups is 1. The van der Waals surface area contributed by atoms with Gasteiger partial charge in [0.05, 0.1) is 9.40 Å². The minimum Gasteiger partial charge on any atom is -0.482 e. The van der Waals surface area contributed by atoms with Crippen molar-refractivity contribution in [3.05, 3.63) is 67.9 Å². The van der Waals surface area contributed by atoms with Crippen molar-refractivity contribution in [2.75, 3.05) is 0 Å². The van der Waals surface area contributed by atoms with Gasteiger partial charge in [0.1, 0.15) is 18.7 Å². The number of nitro benzene ring substituents is 1. The predicted octanol–water partition coefficient (Wildman–Crippen LogP) is 3.89. The zero-order valence-corrected chi connectivity index (χ0v) is 12.2. The molecule has 0 unspecified atom stereocenters. The summed E-state index contributed by atoms with van der Waals surface area (Å²) < 4.78 is 18.8. The van der Waals surface area contributed by atoms with E-state index in [1.165, 1.54) is 36.4 Å². The van der Waals surface area contributed by atoms with Crippen LogP contribution in [0.1, 0.15) is 15.9 Å². The van der Waals surface area contributed by atoms with Gasteiger partial charge in [-0.3, -0.25) is 14.9 Å². The van der Waals surface area contributed by atoms with E-state index in [2.05, 4.69) is 15.9 Å². The fourth-order valence-electron chi connectivity index (χ4n) is 1.66. The van der Waals surface area contributed by atoms with Crippen LogP contribution in [-0.2, 0) is 6.61 Å². The molecule has 21 heavy (non-hydrogen) atoms. The Kier molecular flexibility index (Phi) is 4.64. The van der Waals surface area contributed by atoms with Crippen LogP contribution in [0, 0.1) is 15.9 Å². The normalized spacial score (nSPS) is 10.2. The molecule has 0 radical (unpaired) electrons. The Morgan fingerprint density at radius 2 is 2.05 bits per heavy atom. The fourth-order valence-corrected chi connectivity index (χ4v) is 2.09. The number of hydrogen-bond acceptors (Lipinski definition) is 4. The third-order valence-corrected chi connectivity index (χ3v) is 3.30. The molecule has 0 aliphatic rings. The van der Waals surface area contributed by atoms with Gasteiger partial charge in [-0.15, -0.1) is 0 Å². The number of nitrogens with zero attached hydrogens (tertiary/aromatic N) is 1. The highest BCUT2D eigenvalue weighted by atomic mass is 79.9. The van der Waals surface area contributed by atoms with Crippen molar-refractivity contribution in [3.8, 4) is 5.75 Å². The van der Waals surface area contributed by atoms with Crippen LogP contribution in [0.2, 0.25) is 0 Å². The fraction of sp³-hybridized carbons (Fsp3) is 0.0714. The minimum absolute atomic E-state index is 0.00922. The predicted molar refractivity (Wildman–Crippen MR) is 76.9 cm³/mol. The molecule has 0 spiro atoms. The molecule has 108 valence electrons. The van der Waals surface area contributed by atoms with E-state index in [1.807, 2.05) is 0 Å². The van der Waals surface area contributed by atoms with Crippen molar-refractivity contribution >= 4 is 27.9 Å². The van der Waals surface area contributed by atoms with E-state index < -0.39 is 10.7 Å². The van der Waals surface area contributed by atoms with E-state index in [9.17, 15) is 19.3 Å². The molecule has 0 aliphatic heterocycles. The zero-order valence-electron chi connectivity index (χ0n) is 10.6. The van der Waals surface area contributed by atoms with Gasteiger partial charge in [0.15, 0.2) is 5.75 Å². The third-order valence-electron chi connectivity index (χ3n) is 2.69. The van der Waals surface area contributed by atoms with Gasteiger partial charge < -0.3 is 4.74 Å². The summed E-state index contributed by atoms with van der Waals surface area (Å²) in [4.78, 5) is 21.0. The summed E-state index contributed by atoms with van der Waals surface area (Å²) in [5, 5.41) is 10.9. The maximum Gasteiger partial charge on any atom is 0.310 e. The van der Waals surface area contributed by atoms with Crippen LogP contribution in [-0.4, -0.2) is 11.2 Å². The number of carbonyl (C=O) groups excluding carboxylic acids is 1. The van der Waals surface area contributed by atoms with Gasteiger partial charge in [-0.1, -0.05) is 6.07 Å². The molecule has 0 N–H and O–H groups in total. The summed E-state index contributed by atoms with van der Waals surface area (Å²) in [5.41, 5.74) is 0.673. The molecule has 0 amide bonds. The van der Waals surface area contributed by atoms with Gasteiger partial charge in [-0.2, -0.15) is 0 Å². The highest BCUT2D eigenvalue weighted by Crippen LogP contribution is 2.28. The number of benzene rings is 2. The summed E-state index contributed by atoms with van der Waals surface area (Å²) in [6.07, 6.45) is 0.574. The van der Waals surface area contributed by atoms with Crippen molar-refractivity contribution in [1.29, 1.82) is 0 Å². The number of rotatable bonds is 5. The summed E-state index contributed by atoms with van der Waals surface area (Å²) in [7, 11) is 0. The van der Waals surface area contributed by atoms with E-state index in [0.717, 1.165) is 0 Å². The smallest absolute Gasteiger partial charge is 0.310 e. The number of ether oxygens (including phenoxy) is 1. The summed E-state index contributed by atoms with van der Waals surface area (Å²) in [6, 6.07) is 8.13. The van der Waals surface area contributed by atoms with E-state index in [1.54, 1.807) is 0 Å². The first kappa shape index (κ1) is 15.1. The lowest BCUT2D eigenvalue weighted by Gasteiger charge is -2.08. The molecule has 2 rings (SSSR count). The van der Waals surface area contributed by atoms with Crippen LogP contribution < -0.4 is 4.74 Å². The SMILES string of the molecule is O=Cc1ccc([N+](=O)[O-])c(OCc2ccc(F)c(Br)c2)c1. The van der Waals surface area contributed by atoms with Crippen LogP contribution in [0.15, 0.2) is 40.9 Å². The molecule has 0 atom stereocenters. The maximum atomic E-state index is 13.1. The van der Waals surface area contributed by atoms with Crippen LogP contribution >= 0.6 is 15.9 Å². The Balaban J connectivity index is 2.23. The molecule has 2 aromatic carbocycles. The van der Waals surface area contributed by atoms with Crippen molar-refractivity contribution in [2.45, 2.75) is 6.61 Å². The number of carbonyl (C=O) groups is 1. The lowest BCUT2D eigenvalue weighted by Crippen LogP contribution is -2.00. The third kappa shape index (κ3) is 3.63. The van der Waals surface area contributed by atoms with Crippen LogP contribution in [0.4, 0.5) is 10.1 Å². The van der Waals surface area contributed by atoms with Crippen LogP contribution in [0.3, 0.4) is 0 Å². The Morgan fingerprint density at radius 3 is 2.67 bits per heavy atom. The molecule has 7 heteroatoms. The largest absolute Gasteiger partial charge is 0.482 e. The first-order chi connectivity index (χ1) is 10.0. The summed E-state index contributed by atoms with van der Waals surface area (Å²) in [5.74, 6) is -0.419. The molecule has 0 aromatic heterocycles. The highest BCUT2D eigenvalue weighted by Gasteiger charge is 2.16. The Hall–Kier alpha value is -2.28. The molecule has 5 nitrogen and oxygen atoms in total. The summed E-state index contributed by atoms with van der Waals surface area (Å²) in [6.45, 7) is 0.0159. The van der Waals surface area contributed by atoms with Gasteiger partial charge in [-0.05, 0) is 45.8 Å². The molecule has 0 heterocycles. The van der Waals surface area contributed by atoms with Crippen molar-refractivity contribution in [3.63, 3.8) is 0 Å². The number of hydrogen-bond donors (Lipinski definition) is 0. The Labute approximate surface area is 127 Å². The van der Waals surface area contributed by atoms with Gasteiger partial charge in [0, 0.05) is 11.6 Å². The second-order valence-corrected chi connectivity index (χ2v) is 4.99. The van der Waals surface area contributed by atoms with E-state index in [0.29, 0.717) is 11.8 Å². The number of aldehydes is 1. The lowest BCUT2D eigenvalue weighted by atomic mass is 10.2. The van der Waals surface area contributed by atoms with Crippen molar-refractivity contribution in [2.24, 2.45) is 0 Å². The molecule has 0 fully saturated rings. The topological polar surface area (TPSA) is 69.4 Å². The van der Waals surface area contributed by atoms with Gasteiger partial charge in [-0.25, -0.2) is 4.39 Å². The molecule has 0 saturated heterocycles. The first-order valence-corrected chi connectivity index (χ1v) is 6.61. The van der Waals surface area contributed by atoms with Crippen LogP contribution in [0.5, 0.6) is 5.75 Å². The second kappa shape index (κ2) is 6.45. The molecule has 0 saturated carbocycles. The average Bonchev–Trinajstić information content (AvgIpc) is 2.48. The maximum absolute atomic E-state index is 13.1. The number of halogens is 2. The Morgan fingerprint density at radius 1 is 1.29 bits per heavy atom. The van der Waals surface area contributed by atoms with Gasteiger partial charge in [0.25, 0.3) is 0 Å². The molecule has 2 aromatic rings. The molecule has 0 aliphatic carbocycles. The van der Waals surface area contributed by atoms with Crippen molar-refractivity contribution < 1.29 is 18.8 Å². The average molecular weight is 354 g/mol. The van der Waals surface area contributed by atoms with Gasteiger partial charge in [0.2, 0.25) is 0 Å². The van der Waals surface area contributed by atoms with Gasteiger partial charge >= 0.3 is 5.69 Å². The van der Waals surface area contributed by atoms with E-state index >= 15 is 0 Å². The van der Waals surface area contributed by atoms with Crippen LogP contribution in [0.25, 0.3) is 0 Å². The van der Waals surface area contributed by atoms with E-state index in [-0.39, 0.29) is 28.1 Å². The Bertz CT molecular complexity index is 705. The molecular formula is C14H9BrFNO4. The minimum atomic E-state index is -0.593. The molecule has 0 bridgehead atoms.